The van der Waals surface area contributed by atoms with E-state index < -0.39 is 26.6 Å². The van der Waals surface area contributed by atoms with Gasteiger partial charge in [0.1, 0.15) is 5.76 Å². The predicted octanol–water partition coefficient (Wildman–Crippen LogP) is -0.358. The lowest BCUT2D eigenvalue weighted by Gasteiger charge is -2.42. The van der Waals surface area contributed by atoms with Gasteiger partial charge in [-0.3, -0.25) is 15.0 Å². The van der Waals surface area contributed by atoms with E-state index in [0.717, 1.165) is 4.31 Å². The fourth-order valence-corrected chi connectivity index (χ4v) is 3.43. The van der Waals surface area contributed by atoms with Crippen molar-refractivity contribution in [3.8, 4) is 0 Å². The lowest BCUT2D eigenvalue weighted by molar-refractivity contribution is -0.132. The summed E-state index contributed by atoms with van der Waals surface area (Å²) < 4.78 is 28.5. The van der Waals surface area contributed by atoms with Crippen LogP contribution < -0.4 is 11.3 Å². The van der Waals surface area contributed by atoms with E-state index in [0.29, 0.717) is 11.3 Å². The van der Waals surface area contributed by atoms with Crippen LogP contribution in [0.3, 0.4) is 0 Å². The third kappa shape index (κ3) is 1.81. The number of sulfonamides is 1. The second-order valence-corrected chi connectivity index (χ2v) is 7.40. The number of hydrogen-bond donors (Lipinski definition) is 2. The first-order valence-corrected chi connectivity index (χ1v) is 7.24. The van der Waals surface area contributed by atoms with Crippen molar-refractivity contribution in [2.24, 2.45) is 5.84 Å². The van der Waals surface area contributed by atoms with Crippen LogP contribution in [0, 0.1) is 6.92 Å². The highest BCUT2D eigenvalue weighted by Gasteiger charge is 2.60. The first-order chi connectivity index (χ1) is 9.12. The van der Waals surface area contributed by atoms with Crippen LogP contribution >= 0.6 is 0 Å². The Bertz CT molecular complexity index is 689. The molecule has 0 bridgehead atoms. The first-order valence-electron chi connectivity index (χ1n) is 5.80. The van der Waals surface area contributed by atoms with Gasteiger partial charge in [-0.25, -0.2) is 18.6 Å². The van der Waals surface area contributed by atoms with Gasteiger partial charge in [0, 0.05) is 5.56 Å². The SMILES string of the molecule is Cc1oc(C(=O)NN)cc1CN1C(=O)C(C)(C)S1(=O)=O. The lowest BCUT2D eigenvalue weighted by atomic mass is 10.1. The Morgan fingerprint density at radius 3 is 2.60 bits per heavy atom. The zero-order chi connectivity index (χ0) is 15.3. The number of furan rings is 1. The summed E-state index contributed by atoms with van der Waals surface area (Å²) in [5.74, 6) is 4.19. The molecule has 1 aromatic rings. The minimum absolute atomic E-state index is 0.0374. The minimum atomic E-state index is -3.66. The van der Waals surface area contributed by atoms with Crippen LogP contribution in [0.1, 0.15) is 35.7 Å². The van der Waals surface area contributed by atoms with Crippen LogP contribution in [0.5, 0.6) is 0 Å². The fraction of sp³-hybridized carbons (Fsp3) is 0.455. The smallest absolute Gasteiger partial charge is 0.300 e. The van der Waals surface area contributed by atoms with E-state index in [-0.39, 0.29) is 12.3 Å². The Morgan fingerprint density at radius 2 is 2.10 bits per heavy atom. The maximum absolute atomic E-state index is 12.0. The predicted molar refractivity (Wildman–Crippen MR) is 68.6 cm³/mol. The van der Waals surface area contributed by atoms with Crippen LogP contribution in [0.2, 0.25) is 0 Å². The third-order valence-corrected chi connectivity index (χ3v) is 5.71. The maximum Gasteiger partial charge on any atom is 0.300 e. The van der Waals surface area contributed by atoms with E-state index in [1.165, 1.54) is 19.9 Å². The molecule has 3 N–H and O–H groups in total. The maximum atomic E-state index is 12.0. The minimum Gasteiger partial charge on any atom is -0.456 e. The van der Waals surface area contributed by atoms with E-state index >= 15 is 0 Å². The molecule has 0 radical (unpaired) electrons. The van der Waals surface area contributed by atoms with Crippen molar-refractivity contribution in [1.82, 2.24) is 9.73 Å². The topological polar surface area (TPSA) is 123 Å². The van der Waals surface area contributed by atoms with E-state index in [4.69, 9.17) is 10.3 Å². The average molecular weight is 301 g/mol. The van der Waals surface area contributed by atoms with Gasteiger partial charge in [-0.2, -0.15) is 0 Å². The van der Waals surface area contributed by atoms with Crippen LogP contribution in [-0.2, 0) is 21.4 Å². The summed E-state index contributed by atoms with van der Waals surface area (Å²) in [4.78, 5) is 23.1. The molecular formula is C11H15N3O5S. The molecule has 1 aliphatic heterocycles. The summed E-state index contributed by atoms with van der Waals surface area (Å²) in [5.41, 5.74) is 2.35. The molecule has 1 aromatic heterocycles. The Balaban J connectivity index is 2.27. The number of rotatable bonds is 3. The molecule has 110 valence electrons. The summed E-state index contributed by atoms with van der Waals surface area (Å²) in [6.45, 7) is 4.13. The van der Waals surface area contributed by atoms with Crippen molar-refractivity contribution in [3.05, 3.63) is 23.2 Å². The van der Waals surface area contributed by atoms with Gasteiger partial charge in [-0.1, -0.05) is 0 Å². The standard InChI is InChI=1S/C11H15N3O5S/c1-6-7(4-8(19-6)9(15)13-12)5-14-10(16)11(2,3)20(14,17)18/h4H,5,12H2,1-3H3,(H,13,15). The van der Waals surface area contributed by atoms with Gasteiger partial charge in [-0.15, -0.1) is 0 Å². The molecule has 0 aliphatic carbocycles. The number of carbonyl (C=O) groups is 2. The molecule has 0 unspecified atom stereocenters. The summed E-state index contributed by atoms with van der Waals surface area (Å²) in [7, 11) is -3.66. The van der Waals surface area contributed by atoms with Crippen molar-refractivity contribution in [2.45, 2.75) is 32.1 Å². The molecule has 20 heavy (non-hydrogen) atoms. The summed E-state index contributed by atoms with van der Waals surface area (Å²) >= 11 is 0. The normalized spacial score (nSPS) is 19.6. The van der Waals surface area contributed by atoms with Crippen LogP contribution in [-0.4, -0.2) is 29.3 Å². The monoisotopic (exact) mass is 301 g/mol. The van der Waals surface area contributed by atoms with Gasteiger partial charge in [0.2, 0.25) is 0 Å². The van der Waals surface area contributed by atoms with Gasteiger partial charge in [0.25, 0.3) is 15.9 Å². The number of hydrazine groups is 1. The van der Waals surface area contributed by atoms with Crippen LogP contribution in [0.15, 0.2) is 10.5 Å². The third-order valence-electron chi connectivity index (χ3n) is 3.37. The second kappa shape index (κ2) is 4.32. The number of nitrogens with two attached hydrogens (primary N) is 1. The zero-order valence-electron chi connectivity index (χ0n) is 11.3. The van der Waals surface area contributed by atoms with Crippen molar-refractivity contribution in [2.75, 3.05) is 0 Å². The molecule has 0 aromatic carbocycles. The number of nitrogens with one attached hydrogen (secondary N) is 1. The molecule has 2 heterocycles. The molecule has 2 amide bonds. The van der Waals surface area contributed by atoms with Crippen molar-refractivity contribution in [3.63, 3.8) is 0 Å². The molecule has 1 saturated heterocycles. The van der Waals surface area contributed by atoms with Gasteiger partial charge < -0.3 is 4.42 Å². The fourth-order valence-electron chi connectivity index (χ4n) is 1.93. The van der Waals surface area contributed by atoms with E-state index in [2.05, 4.69) is 0 Å². The zero-order valence-corrected chi connectivity index (χ0v) is 12.1. The molecule has 9 heteroatoms. The molecule has 1 fully saturated rings. The quantitative estimate of drug-likeness (QED) is 0.446. The van der Waals surface area contributed by atoms with Crippen molar-refractivity contribution >= 4 is 21.8 Å². The summed E-state index contributed by atoms with van der Waals surface area (Å²) in [6.07, 6.45) is 0. The van der Waals surface area contributed by atoms with Crippen molar-refractivity contribution < 1.29 is 22.4 Å². The molecular weight excluding hydrogens is 286 g/mol. The number of carbonyl (C=O) groups excluding carboxylic acids is 2. The molecule has 0 saturated carbocycles. The molecule has 0 atom stereocenters. The Hall–Kier alpha value is -1.87. The number of nitrogens with zero attached hydrogens (tertiary/aromatic N) is 1. The van der Waals surface area contributed by atoms with E-state index in [1.807, 2.05) is 5.43 Å². The van der Waals surface area contributed by atoms with Crippen molar-refractivity contribution in [1.29, 1.82) is 0 Å². The highest BCUT2D eigenvalue weighted by Crippen LogP contribution is 2.36. The Kier molecular flexibility index (Phi) is 3.14. The van der Waals surface area contributed by atoms with Gasteiger partial charge in [0.15, 0.2) is 10.5 Å². The highest BCUT2D eigenvalue weighted by molar-refractivity contribution is 7.94. The lowest BCUT2D eigenvalue weighted by Crippen LogP contribution is -2.66. The highest BCUT2D eigenvalue weighted by atomic mass is 32.2. The molecule has 8 nitrogen and oxygen atoms in total. The Morgan fingerprint density at radius 1 is 1.50 bits per heavy atom. The second-order valence-electron chi connectivity index (χ2n) is 4.99. The molecule has 1 aliphatic rings. The van der Waals surface area contributed by atoms with Gasteiger partial charge in [-0.05, 0) is 26.8 Å². The average Bonchev–Trinajstić information content (AvgIpc) is 2.75. The molecule has 0 spiro atoms. The number of nitrogen functional groups attached to an aromatic ring is 1. The first kappa shape index (κ1) is 14.5. The van der Waals surface area contributed by atoms with E-state index in [1.54, 1.807) is 6.92 Å². The molecule has 2 rings (SSSR count). The number of aryl methyl sites for hydroxylation is 1. The van der Waals surface area contributed by atoms with Crippen LogP contribution in [0.4, 0.5) is 0 Å². The summed E-state index contributed by atoms with van der Waals surface area (Å²) in [5, 5.41) is 0. The Labute approximate surface area is 115 Å². The largest absolute Gasteiger partial charge is 0.456 e. The van der Waals surface area contributed by atoms with Crippen LogP contribution in [0.25, 0.3) is 0 Å². The van der Waals surface area contributed by atoms with Gasteiger partial charge in [0.05, 0.1) is 6.54 Å². The number of amides is 2. The van der Waals surface area contributed by atoms with Gasteiger partial charge >= 0.3 is 5.91 Å². The number of hydrogen-bond acceptors (Lipinski definition) is 6. The summed E-state index contributed by atoms with van der Waals surface area (Å²) in [6, 6.07) is 1.37. The van der Waals surface area contributed by atoms with E-state index in [9.17, 15) is 18.0 Å².